The molecule has 0 saturated heterocycles. The predicted octanol–water partition coefficient (Wildman–Crippen LogP) is 1.63. The van der Waals surface area contributed by atoms with Crippen LogP contribution < -0.4 is 5.32 Å². The Morgan fingerprint density at radius 1 is 1.50 bits per heavy atom. The van der Waals surface area contributed by atoms with Crippen molar-refractivity contribution < 1.29 is 9.90 Å². The number of hydrogen-bond acceptors (Lipinski definition) is 2. The van der Waals surface area contributed by atoms with Crippen LogP contribution in [0.5, 0.6) is 0 Å². The van der Waals surface area contributed by atoms with Crippen molar-refractivity contribution in [1.29, 1.82) is 0 Å². The summed E-state index contributed by atoms with van der Waals surface area (Å²) < 4.78 is 0. The Balaban J connectivity index is 3.77. The molecule has 72 valence electrons. The summed E-state index contributed by atoms with van der Waals surface area (Å²) in [7, 11) is 0. The number of rotatable bonds is 6. The van der Waals surface area contributed by atoms with Gasteiger partial charge < -0.3 is 10.4 Å². The van der Waals surface area contributed by atoms with Crippen LogP contribution in [-0.2, 0) is 4.79 Å². The summed E-state index contributed by atoms with van der Waals surface area (Å²) in [5, 5.41) is 11.8. The first-order valence-electron chi connectivity index (χ1n) is 4.60. The highest BCUT2D eigenvalue weighted by atomic mass is 16.4. The van der Waals surface area contributed by atoms with Gasteiger partial charge >= 0.3 is 5.97 Å². The van der Waals surface area contributed by atoms with Crippen LogP contribution in [0, 0.1) is 0 Å². The Hall–Kier alpha value is -0.570. The smallest absolute Gasteiger partial charge is 0.320 e. The average molecular weight is 173 g/mol. The van der Waals surface area contributed by atoms with Gasteiger partial charge in [-0.15, -0.1) is 0 Å². The first-order chi connectivity index (χ1) is 5.61. The molecular weight excluding hydrogens is 154 g/mol. The normalized spacial score (nSPS) is 15.6. The molecule has 0 radical (unpaired) electrons. The Bertz CT molecular complexity index is 136. The van der Waals surface area contributed by atoms with Gasteiger partial charge in [-0.05, 0) is 19.8 Å². The van der Waals surface area contributed by atoms with Gasteiger partial charge in [-0.3, -0.25) is 4.79 Å². The van der Waals surface area contributed by atoms with Crippen molar-refractivity contribution in [3.05, 3.63) is 0 Å². The van der Waals surface area contributed by atoms with Gasteiger partial charge in [0, 0.05) is 6.04 Å². The Kier molecular flexibility index (Phi) is 5.72. The van der Waals surface area contributed by atoms with Crippen molar-refractivity contribution in [2.45, 2.75) is 52.1 Å². The van der Waals surface area contributed by atoms with Crippen LogP contribution in [-0.4, -0.2) is 23.2 Å². The first-order valence-corrected chi connectivity index (χ1v) is 4.60. The third kappa shape index (κ3) is 4.34. The largest absolute Gasteiger partial charge is 0.480 e. The molecule has 3 nitrogen and oxygen atoms in total. The summed E-state index contributed by atoms with van der Waals surface area (Å²) in [6, 6.07) is -0.0809. The lowest BCUT2D eigenvalue weighted by atomic mass is 10.1. The van der Waals surface area contributed by atoms with E-state index < -0.39 is 5.97 Å². The van der Waals surface area contributed by atoms with Gasteiger partial charge in [0.05, 0.1) is 0 Å². The quantitative estimate of drug-likeness (QED) is 0.641. The summed E-state index contributed by atoms with van der Waals surface area (Å²) in [4.78, 5) is 10.6. The molecule has 0 rings (SSSR count). The maximum atomic E-state index is 10.6. The highest BCUT2D eigenvalue weighted by molar-refractivity contribution is 5.73. The summed E-state index contributed by atoms with van der Waals surface area (Å²) in [5.74, 6) is -0.750. The second-order valence-corrected chi connectivity index (χ2v) is 3.16. The molecule has 0 aliphatic rings. The lowest BCUT2D eigenvalue weighted by Crippen LogP contribution is -2.41. The molecule has 2 unspecified atom stereocenters. The number of hydrogen-bond donors (Lipinski definition) is 2. The summed E-state index contributed by atoms with van der Waals surface area (Å²) in [6.45, 7) is 6.00. The van der Waals surface area contributed by atoms with Gasteiger partial charge in [-0.2, -0.15) is 0 Å². The molecule has 2 N–H and O–H groups in total. The molecule has 0 aliphatic heterocycles. The molecule has 0 aromatic carbocycles. The lowest BCUT2D eigenvalue weighted by molar-refractivity contribution is -0.139. The minimum Gasteiger partial charge on any atom is -0.480 e. The van der Waals surface area contributed by atoms with Crippen LogP contribution in [0.1, 0.15) is 40.0 Å². The second kappa shape index (κ2) is 6.00. The van der Waals surface area contributed by atoms with E-state index >= 15 is 0 Å². The van der Waals surface area contributed by atoms with Crippen LogP contribution in [0.3, 0.4) is 0 Å². The van der Waals surface area contributed by atoms with Crippen LogP contribution in [0.4, 0.5) is 0 Å². The number of carboxylic acid groups (broad SMARTS) is 1. The predicted molar refractivity (Wildman–Crippen MR) is 49.2 cm³/mol. The molecule has 0 heterocycles. The molecule has 0 fully saturated rings. The highest BCUT2D eigenvalue weighted by Gasteiger charge is 2.16. The van der Waals surface area contributed by atoms with Gasteiger partial charge in [-0.1, -0.05) is 20.3 Å². The van der Waals surface area contributed by atoms with E-state index in [1.54, 1.807) is 0 Å². The Morgan fingerprint density at radius 2 is 2.08 bits per heavy atom. The molecule has 0 amide bonds. The van der Waals surface area contributed by atoms with E-state index in [0.29, 0.717) is 12.5 Å². The topological polar surface area (TPSA) is 49.3 Å². The van der Waals surface area contributed by atoms with Gasteiger partial charge in [0.2, 0.25) is 0 Å². The molecule has 12 heavy (non-hydrogen) atoms. The zero-order valence-corrected chi connectivity index (χ0v) is 8.13. The number of carboxylic acids is 1. The second-order valence-electron chi connectivity index (χ2n) is 3.16. The molecule has 0 aliphatic carbocycles. The number of carbonyl (C=O) groups is 1. The summed E-state index contributed by atoms with van der Waals surface area (Å²) in [5.41, 5.74) is 0. The van der Waals surface area contributed by atoms with Crippen LogP contribution in [0.15, 0.2) is 0 Å². The van der Waals surface area contributed by atoms with Crippen molar-refractivity contribution in [1.82, 2.24) is 5.32 Å². The van der Waals surface area contributed by atoms with E-state index in [-0.39, 0.29) is 6.04 Å². The van der Waals surface area contributed by atoms with Crippen LogP contribution in [0.2, 0.25) is 0 Å². The van der Waals surface area contributed by atoms with Gasteiger partial charge in [0.25, 0.3) is 0 Å². The van der Waals surface area contributed by atoms with Gasteiger partial charge in [0.15, 0.2) is 0 Å². The fourth-order valence-corrected chi connectivity index (χ4v) is 1.22. The summed E-state index contributed by atoms with van der Waals surface area (Å²) >= 11 is 0. The van der Waals surface area contributed by atoms with E-state index in [0.717, 1.165) is 12.8 Å². The van der Waals surface area contributed by atoms with Crippen LogP contribution in [0.25, 0.3) is 0 Å². The minimum atomic E-state index is -0.750. The molecule has 0 aromatic heterocycles. The van der Waals surface area contributed by atoms with Gasteiger partial charge in [-0.25, -0.2) is 0 Å². The van der Waals surface area contributed by atoms with Crippen molar-refractivity contribution >= 4 is 5.97 Å². The van der Waals surface area contributed by atoms with Crippen LogP contribution >= 0.6 is 0 Å². The van der Waals surface area contributed by atoms with Gasteiger partial charge in [0.1, 0.15) is 6.04 Å². The molecule has 0 bridgehead atoms. The van der Waals surface area contributed by atoms with E-state index in [1.165, 1.54) is 0 Å². The SMILES string of the molecule is CCCC(C)NC(CC)C(=O)O. The fraction of sp³-hybridized carbons (Fsp3) is 0.889. The summed E-state index contributed by atoms with van der Waals surface area (Å²) in [6.07, 6.45) is 2.76. The third-order valence-corrected chi connectivity index (χ3v) is 1.91. The monoisotopic (exact) mass is 173 g/mol. The number of nitrogens with one attached hydrogen (secondary N) is 1. The van der Waals surface area contributed by atoms with E-state index in [1.807, 2.05) is 13.8 Å². The fourth-order valence-electron chi connectivity index (χ4n) is 1.22. The van der Waals surface area contributed by atoms with E-state index in [2.05, 4.69) is 12.2 Å². The average Bonchev–Trinajstić information content (AvgIpc) is 2.00. The van der Waals surface area contributed by atoms with E-state index in [4.69, 9.17) is 5.11 Å². The minimum absolute atomic E-state index is 0.302. The van der Waals surface area contributed by atoms with Crippen molar-refractivity contribution in [3.8, 4) is 0 Å². The maximum absolute atomic E-state index is 10.6. The third-order valence-electron chi connectivity index (χ3n) is 1.91. The van der Waals surface area contributed by atoms with Crippen molar-refractivity contribution in [2.75, 3.05) is 0 Å². The molecule has 3 heteroatoms. The molecule has 2 atom stereocenters. The maximum Gasteiger partial charge on any atom is 0.320 e. The standard InChI is InChI=1S/C9H19NO2/c1-4-6-7(3)10-8(5-2)9(11)12/h7-8,10H,4-6H2,1-3H3,(H,11,12). The Morgan fingerprint density at radius 3 is 2.42 bits per heavy atom. The molecular formula is C9H19NO2. The highest BCUT2D eigenvalue weighted by Crippen LogP contribution is 1.99. The van der Waals surface area contributed by atoms with Crippen molar-refractivity contribution in [2.24, 2.45) is 0 Å². The van der Waals surface area contributed by atoms with Crippen molar-refractivity contribution in [3.63, 3.8) is 0 Å². The molecule has 0 saturated carbocycles. The van der Waals surface area contributed by atoms with E-state index in [9.17, 15) is 4.79 Å². The molecule has 0 aromatic rings. The number of aliphatic carboxylic acids is 1. The Labute approximate surface area is 74.2 Å². The lowest BCUT2D eigenvalue weighted by Gasteiger charge is -2.18. The first kappa shape index (κ1) is 11.4. The zero-order chi connectivity index (χ0) is 9.56. The molecule has 0 spiro atoms. The zero-order valence-electron chi connectivity index (χ0n) is 8.13.